The molecule has 1 heterocycles. The molecule has 1 unspecified atom stereocenters. The van der Waals surface area contributed by atoms with Crippen LogP contribution in [0.1, 0.15) is 13.3 Å². The Labute approximate surface area is 94.3 Å². The molecule has 0 spiro atoms. The number of aromatic nitrogens is 2. The van der Waals surface area contributed by atoms with E-state index in [-0.39, 0.29) is 21.2 Å². The third kappa shape index (κ3) is 2.56. The molecular weight excluding hydrogens is 245 g/mol. The first-order valence-electron chi connectivity index (χ1n) is 3.93. The Morgan fingerprint density at radius 2 is 1.86 bits per heavy atom. The highest BCUT2D eigenvalue weighted by Crippen LogP contribution is 2.24. The van der Waals surface area contributed by atoms with Gasteiger partial charge in [-0.05, 0) is 6.42 Å². The largest absolute Gasteiger partial charge is 0.394 e. The predicted molar refractivity (Wildman–Crippen MR) is 58.0 cm³/mol. The minimum atomic E-state index is -1.26. The van der Waals surface area contributed by atoms with E-state index >= 15 is 0 Å². The van der Waals surface area contributed by atoms with Gasteiger partial charge in [-0.1, -0.05) is 30.1 Å². The van der Waals surface area contributed by atoms with Crippen LogP contribution in [0.4, 0.5) is 5.69 Å². The van der Waals surface area contributed by atoms with Crippen molar-refractivity contribution in [1.82, 2.24) is 9.97 Å². The first-order chi connectivity index (χ1) is 6.56. The van der Waals surface area contributed by atoms with E-state index in [0.29, 0.717) is 5.75 Å². The second-order valence-electron chi connectivity index (χ2n) is 2.55. The fourth-order valence-electron chi connectivity index (χ4n) is 0.777. The Morgan fingerprint density at radius 1 is 1.36 bits per heavy atom. The molecule has 0 saturated carbocycles. The van der Waals surface area contributed by atoms with Crippen LogP contribution in [-0.2, 0) is 10.8 Å². The van der Waals surface area contributed by atoms with Crippen molar-refractivity contribution in [1.29, 1.82) is 0 Å². The van der Waals surface area contributed by atoms with E-state index in [1.807, 2.05) is 6.92 Å². The molecule has 0 aliphatic rings. The summed E-state index contributed by atoms with van der Waals surface area (Å²) < 4.78 is 11.5. The zero-order valence-corrected chi connectivity index (χ0v) is 9.79. The van der Waals surface area contributed by atoms with Crippen LogP contribution in [0.25, 0.3) is 0 Å². The highest BCUT2D eigenvalue weighted by atomic mass is 35.5. The fourth-order valence-corrected chi connectivity index (χ4v) is 2.20. The normalized spacial score (nSPS) is 12.8. The molecule has 1 aromatic rings. The van der Waals surface area contributed by atoms with E-state index in [9.17, 15) is 4.21 Å². The lowest BCUT2D eigenvalue weighted by Crippen LogP contribution is -2.05. The number of anilines is 1. The second kappa shape index (κ2) is 4.91. The Morgan fingerprint density at radius 3 is 2.29 bits per heavy atom. The number of hydrogen-bond donors (Lipinski definition) is 1. The molecule has 2 N–H and O–H groups in total. The number of nitrogen functional groups attached to an aromatic ring is 1. The predicted octanol–water partition coefficient (Wildman–Crippen LogP) is 1.88. The summed E-state index contributed by atoms with van der Waals surface area (Å²) >= 11 is 11.3. The lowest BCUT2D eigenvalue weighted by Gasteiger charge is -2.03. The Kier molecular flexibility index (Phi) is 4.10. The van der Waals surface area contributed by atoms with Crippen LogP contribution in [-0.4, -0.2) is 19.9 Å². The van der Waals surface area contributed by atoms with Gasteiger partial charge in [-0.15, -0.1) is 0 Å². The van der Waals surface area contributed by atoms with Crippen LogP contribution >= 0.6 is 23.2 Å². The molecule has 0 aromatic carbocycles. The van der Waals surface area contributed by atoms with Crippen molar-refractivity contribution in [2.75, 3.05) is 11.5 Å². The smallest absolute Gasteiger partial charge is 0.221 e. The zero-order valence-electron chi connectivity index (χ0n) is 7.46. The summed E-state index contributed by atoms with van der Waals surface area (Å²) in [6.07, 6.45) is 0.773. The molecule has 0 aliphatic heterocycles. The molecule has 0 radical (unpaired) electrons. The number of halogens is 2. The maximum Gasteiger partial charge on any atom is 0.221 e. The van der Waals surface area contributed by atoms with Crippen LogP contribution in [0.3, 0.4) is 0 Å². The minimum Gasteiger partial charge on any atom is -0.394 e. The molecule has 0 amide bonds. The summed E-state index contributed by atoms with van der Waals surface area (Å²) in [6.45, 7) is 1.92. The van der Waals surface area contributed by atoms with Gasteiger partial charge in [0.25, 0.3) is 0 Å². The van der Waals surface area contributed by atoms with Crippen molar-refractivity contribution in [3.05, 3.63) is 10.3 Å². The third-order valence-electron chi connectivity index (χ3n) is 1.43. The molecule has 0 saturated heterocycles. The summed E-state index contributed by atoms with van der Waals surface area (Å²) in [4.78, 5) is 7.59. The van der Waals surface area contributed by atoms with E-state index in [2.05, 4.69) is 9.97 Å². The summed E-state index contributed by atoms with van der Waals surface area (Å²) in [5.41, 5.74) is 5.55. The van der Waals surface area contributed by atoms with Gasteiger partial charge < -0.3 is 5.73 Å². The molecule has 14 heavy (non-hydrogen) atoms. The SMILES string of the molecule is CCCS(=O)c1nc(Cl)c(N)c(Cl)n1. The number of rotatable bonds is 3. The average Bonchev–Trinajstić information content (AvgIpc) is 2.13. The van der Waals surface area contributed by atoms with E-state index in [0.717, 1.165) is 6.42 Å². The second-order valence-corrected chi connectivity index (χ2v) is 4.73. The van der Waals surface area contributed by atoms with Gasteiger partial charge in [0.05, 0.1) is 10.8 Å². The summed E-state index contributed by atoms with van der Waals surface area (Å²) in [5.74, 6) is 0.483. The molecule has 0 aliphatic carbocycles. The molecule has 4 nitrogen and oxygen atoms in total. The average molecular weight is 254 g/mol. The highest BCUT2D eigenvalue weighted by Gasteiger charge is 2.12. The van der Waals surface area contributed by atoms with Crippen LogP contribution < -0.4 is 5.73 Å². The third-order valence-corrected chi connectivity index (χ3v) is 3.37. The lowest BCUT2D eigenvalue weighted by molar-refractivity contribution is 0.674. The van der Waals surface area contributed by atoms with Crippen molar-refractivity contribution in [3.8, 4) is 0 Å². The van der Waals surface area contributed by atoms with Gasteiger partial charge in [0, 0.05) is 5.75 Å². The van der Waals surface area contributed by atoms with Crippen molar-refractivity contribution in [3.63, 3.8) is 0 Å². The molecule has 7 heteroatoms. The molecular formula is C7H9Cl2N3OS. The van der Waals surface area contributed by atoms with Gasteiger partial charge >= 0.3 is 0 Å². The van der Waals surface area contributed by atoms with Gasteiger partial charge in [0.1, 0.15) is 5.69 Å². The van der Waals surface area contributed by atoms with Crippen LogP contribution in [0, 0.1) is 0 Å². The standard InChI is InChI=1S/C7H9Cl2N3OS/c1-2-3-14(13)7-11-5(8)4(10)6(9)12-7/h2-3,10H2,1H3. The van der Waals surface area contributed by atoms with Crippen molar-refractivity contribution >= 4 is 39.7 Å². The Balaban J connectivity index is 3.06. The van der Waals surface area contributed by atoms with Crippen LogP contribution in [0.15, 0.2) is 5.16 Å². The number of hydrogen-bond acceptors (Lipinski definition) is 4. The first-order valence-corrected chi connectivity index (χ1v) is 6.00. The van der Waals surface area contributed by atoms with E-state index in [1.165, 1.54) is 0 Å². The number of nitrogens with zero attached hydrogens (tertiary/aromatic N) is 2. The molecule has 1 atom stereocenters. The topological polar surface area (TPSA) is 68.9 Å². The summed E-state index contributed by atoms with van der Waals surface area (Å²) in [5, 5.41) is 0.227. The van der Waals surface area contributed by atoms with Crippen molar-refractivity contribution < 1.29 is 4.21 Å². The summed E-state index contributed by atoms with van der Waals surface area (Å²) in [6, 6.07) is 0. The van der Waals surface area contributed by atoms with Crippen LogP contribution in [0.2, 0.25) is 10.3 Å². The van der Waals surface area contributed by atoms with E-state index in [1.54, 1.807) is 0 Å². The molecule has 1 rings (SSSR count). The van der Waals surface area contributed by atoms with Crippen LogP contribution in [0.5, 0.6) is 0 Å². The van der Waals surface area contributed by atoms with Gasteiger partial charge in [0.15, 0.2) is 10.3 Å². The monoisotopic (exact) mass is 253 g/mol. The molecule has 0 bridgehead atoms. The van der Waals surface area contributed by atoms with Gasteiger partial charge in [0.2, 0.25) is 5.16 Å². The highest BCUT2D eigenvalue weighted by molar-refractivity contribution is 7.84. The number of nitrogens with two attached hydrogens (primary N) is 1. The Bertz CT molecular complexity index is 349. The van der Waals surface area contributed by atoms with Crippen molar-refractivity contribution in [2.45, 2.75) is 18.5 Å². The lowest BCUT2D eigenvalue weighted by atomic mass is 10.6. The van der Waals surface area contributed by atoms with E-state index < -0.39 is 10.8 Å². The zero-order chi connectivity index (χ0) is 10.7. The minimum absolute atomic E-state index is 0.0458. The summed E-state index contributed by atoms with van der Waals surface area (Å²) in [7, 11) is -1.26. The van der Waals surface area contributed by atoms with Crippen molar-refractivity contribution in [2.24, 2.45) is 0 Å². The maximum atomic E-state index is 11.5. The first kappa shape index (κ1) is 11.7. The molecule has 0 fully saturated rings. The van der Waals surface area contributed by atoms with Gasteiger partial charge in [-0.25, -0.2) is 9.97 Å². The quantitative estimate of drug-likeness (QED) is 0.660. The van der Waals surface area contributed by atoms with E-state index in [4.69, 9.17) is 28.9 Å². The fraction of sp³-hybridized carbons (Fsp3) is 0.429. The van der Waals surface area contributed by atoms with Gasteiger partial charge in [-0.3, -0.25) is 4.21 Å². The van der Waals surface area contributed by atoms with Gasteiger partial charge in [-0.2, -0.15) is 0 Å². The maximum absolute atomic E-state index is 11.5. The Hall–Kier alpha value is -0.390. The molecule has 1 aromatic heterocycles. The molecule has 78 valence electrons.